The maximum absolute atomic E-state index is 11.5. The molecule has 0 spiro atoms. The SMILES string of the molecule is CCNC(=NCC(=O)N(C)C)NCCCOCC1CCCO1. The minimum atomic E-state index is -0.0166. The molecule has 1 saturated heterocycles. The van der Waals surface area contributed by atoms with Crippen molar-refractivity contribution in [3.63, 3.8) is 0 Å². The van der Waals surface area contributed by atoms with Gasteiger partial charge in [0.25, 0.3) is 0 Å². The van der Waals surface area contributed by atoms with Gasteiger partial charge in [0.2, 0.25) is 5.91 Å². The van der Waals surface area contributed by atoms with Crippen LogP contribution in [0.25, 0.3) is 0 Å². The van der Waals surface area contributed by atoms with E-state index in [-0.39, 0.29) is 18.6 Å². The number of amides is 1. The fourth-order valence-electron chi connectivity index (χ4n) is 2.00. The summed E-state index contributed by atoms with van der Waals surface area (Å²) in [4.78, 5) is 17.3. The van der Waals surface area contributed by atoms with E-state index in [4.69, 9.17) is 9.47 Å². The summed E-state index contributed by atoms with van der Waals surface area (Å²) in [6.07, 6.45) is 3.42. The van der Waals surface area contributed by atoms with Crippen LogP contribution in [0.3, 0.4) is 0 Å². The van der Waals surface area contributed by atoms with Crippen LogP contribution in [0, 0.1) is 0 Å². The molecular weight excluding hydrogens is 284 g/mol. The van der Waals surface area contributed by atoms with Crippen molar-refractivity contribution in [2.45, 2.75) is 32.3 Å². The quantitative estimate of drug-likeness (QED) is 0.362. The van der Waals surface area contributed by atoms with E-state index in [1.165, 1.54) is 4.90 Å². The predicted molar refractivity (Wildman–Crippen MR) is 87.1 cm³/mol. The number of rotatable bonds is 9. The molecule has 0 saturated carbocycles. The van der Waals surface area contributed by atoms with E-state index in [9.17, 15) is 4.79 Å². The molecule has 7 heteroatoms. The van der Waals surface area contributed by atoms with E-state index in [1.807, 2.05) is 6.92 Å². The molecular formula is C15H30N4O3. The summed E-state index contributed by atoms with van der Waals surface area (Å²) in [7, 11) is 3.45. The van der Waals surface area contributed by atoms with E-state index < -0.39 is 0 Å². The van der Waals surface area contributed by atoms with Gasteiger partial charge < -0.3 is 25.0 Å². The van der Waals surface area contributed by atoms with E-state index in [0.29, 0.717) is 19.2 Å². The number of ether oxygens (including phenoxy) is 2. The van der Waals surface area contributed by atoms with Crippen molar-refractivity contribution in [1.82, 2.24) is 15.5 Å². The lowest BCUT2D eigenvalue weighted by atomic mass is 10.2. The Hall–Kier alpha value is -1.34. The first kappa shape index (κ1) is 18.7. The zero-order valence-corrected chi connectivity index (χ0v) is 14.1. The maximum Gasteiger partial charge on any atom is 0.243 e. The minimum absolute atomic E-state index is 0.0166. The summed E-state index contributed by atoms with van der Waals surface area (Å²) in [5.41, 5.74) is 0. The van der Waals surface area contributed by atoms with Crippen LogP contribution in [0.1, 0.15) is 26.2 Å². The zero-order chi connectivity index (χ0) is 16.2. The summed E-state index contributed by atoms with van der Waals surface area (Å²) in [5, 5.41) is 6.32. The van der Waals surface area contributed by atoms with Gasteiger partial charge in [0.15, 0.2) is 5.96 Å². The average molecular weight is 314 g/mol. The van der Waals surface area contributed by atoms with Crippen LogP contribution in [0.5, 0.6) is 0 Å². The molecule has 1 heterocycles. The van der Waals surface area contributed by atoms with E-state index >= 15 is 0 Å². The molecule has 0 aromatic rings. The van der Waals surface area contributed by atoms with Crippen LogP contribution in [-0.2, 0) is 14.3 Å². The van der Waals surface area contributed by atoms with E-state index in [2.05, 4.69) is 15.6 Å². The Morgan fingerprint density at radius 3 is 2.86 bits per heavy atom. The van der Waals surface area contributed by atoms with Crippen LogP contribution in [0.2, 0.25) is 0 Å². The second-order valence-electron chi connectivity index (χ2n) is 5.47. The van der Waals surface area contributed by atoms with Crippen LogP contribution < -0.4 is 10.6 Å². The van der Waals surface area contributed by atoms with Gasteiger partial charge in [-0.25, -0.2) is 4.99 Å². The van der Waals surface area contributed by atoms with Gasteiger partial charge >= 0.3 is 0 Å². The summed E-state index contributed by atoms with van der Waals surface area (Å²) < 4.78 is 11.1. The van der Waals surface area contributed by atoms with Crippen LogP contribution in [0.4, 0.5) is 0 Å². The average Bonchev–Trinajstić information content (AvgIpc) is 3.00. The fraction of sp³-hybridized carbons (Fsp3) is 0.867. The van der Waals surface area contributed by atoms with E-state index in [1.54, 1.807) is 14.1 Å². The minimum Gasteiger partial charge on any atom is -0.379 e. The van der Waals surface area contributed by atoms with Crippen molar-refractivity contribution >= 4 is 11.9 Å². The standard InChI is InChI=1S/C15H30N4O3/c1-4-16-15(18-11-14(20)19(2)3)17-8-6-9-21-12-13-7-5-10-22-13/h13H,4-12H2,1-3H3,(H2,16,17,18). The van der Waals surface area contributed by atoms with Gasteiger partial charge in [0.1, 0.15) is 6.54 Å². The van der Waals surface area contributed by atoms with Crippen molar-refractivity contribution in [1.29, 1.82) is 0 Å². The van der Waals surface area contributed by atoms with Crippen molar-refractivity contribution in [3.8, 4) is 0 Å². The molecule has 1 atom stereocenters. The summed E-state index contributed by atoms with van der Waals surface area (Å²) >= 11 is 0. The molecule has 1 rings (SSSR count). The molecule has 0 aromatic carbocycles. The van der Waals surface area contributed by atoms with E-state index in [0.717, 1.165) is 39.0 Å². The lowest BCUT2D eigenvalue weighted by Crippen LogP contribution is -2.39. The number of hydrogen-bond acceptors (Lipinski definition) is 4. The number of carbonyl (C=O) groups is 1. The van der Waals surface area contributed by atoms with Gasteiger partial charge in [-0.3, -0.25) is 4.79 Å². The summed E-state index contributed by atoms with van der Waals surface area (Å²) in [6.45, 7) is 5.91. The molecule has 1 fully saturated rings. The fourth-order valence-corrected chi connectivity index (χ4v) is 2.00. The Morgan fingerprint density at radius 2 is 2.23 bits per heavy atom. The third-order valence-electron chi connectivity index (χ3n) is 3.30. The second-order valence-corrected chi connectivity index (χ2v) is 5.47. The van der Waals surface area contributed by atoms with Gasteiger partial charge in [-0.2, -0.15) is 0 Å². The predicted octanol–water partition coefficient (Wildman–Crippen LogP) is 0.215. The van der Waals surface area contributed by atoms with Gasteiger partial charge in [-0.1, -0.05) is 0 Å². The monoisotopic (exact) mass is 314 g/mol. The van der Waals surface area contributed by atoms with Gasteiger partial charge in [0.05, 0.1) is 12.7 Å². The number of guanidine groups is 1. The highest BCUT2D eigenvalue weighted by Crippen LogP contribution is 2.11. The molecule has 0 aromatic heterocycles. The number of likely N-dealkylation sites (N-methyl/N-ethyl adjacent to an activating group) is 1. The third-order valence-corrected chi connectivity index (χ3v) is 3.30. The Labute approximate surface area is 133 Å². The van der Waals surface area contributed by atoms with Gasteiger partial charge in [-0.15, -0.1) is 0 Å². The first-order chi connectivity index (χ1) is 10.6. The van der Waals surface area contributed by atoms with Crippen molar-refractivity contribution in [2.24, 2.45) is 4.99 Å². The lowest BCUT2D eigenvalue weighted by molar-refractivity contribution is -0.127. The Kier molecular flexibility index (Phi) is 9.57. The summed E-state index contributed by atoms with van der Waals surface area (Å²) in [5.74, 6) is 0.647. The zero-order valence-electron chi connectivity index (χ0n) is 14.1. The molecule has 1 aliphatic rings. The normalized spacial score (nSPS) is 18.3. The highest BCUT2D eigenvalue weighted by Gasteiger charge is 2.14. The first-order valence-corrected chi connectivity index (χ1v) is 8.05. The molecule has 7 nitrogen and oxygen atoms in total. The second kappa shape index (κ2) is 11.3. The molecule has 1 unspecified atom stereocenters. The van der Waals surface area contributed by atoms with Crippen LogP contribution in [-0.4, -0.2) is 76.4 Å². The molecule has 0 bridgehead atoms. The molecule has 0 radical (unpaired) electrons. The van der Waals surface area contributed by atoms with Gasteiger partial charge in [0, 0.05) is 40.4 Å². The Balaban J connectivity index is 2.12. The van der Waals surface area contributed by atoms with Crippen molar-refractivity contribution < 1.29 is 14.3 Å². The van der Waals surface area contributed by atoms with Crippen molar-refractivity contribution in [2.75, 3.05) is 53.6 Å². The maximum atomic E-state index is 11.5. The van der Waals surface area contributed by atoms with Crippen molar-refractivity contribution in [3.05, 3.63) is 0 Å². The largest absolute Gasteiger partial charge is 0.379 e. The van der Waals surface area contributed by atoms with Crippen LogP contribution >= 0.6 is 0 Å². The molecule has 1 aliphatic heterocycles. The number of nitrogens with zero attached hydrogens (tertiary/aromatic N) is 2. The molecule has 2 N–H and O–H groups in total. The molecule has 0 aliphatic carbocycles. The Bertz CT molecular complexity index is 342. The number of nitrogens with one attached hydrogen (secondary N) is 2. The smallest absolute Gasteiger partial charge is 0.243 e. The molecule has 1 amide bonds. The molecule has 128 valence electrons. The number of hydrogen-bond donors (Lipinski definition) is 2. The summed E-state index contributed by atoms with van der Waals surface area (Å²) in [6, 6.07) is 0. The third kappa shape index (κ3) is 8.19. The molecule has 22 heavy (non-hydrogen) atoms. The number of aliphatic imine (C=N–C) groups is 1. The van der Waals surface area contributed by atoms with Gasteiger partial charge in [-0.05, 0) is 26.2 Å². The number of carbonyl (C=O) groups excluding carboxylic acids is 1. The first-order valence-electron chi connectivity index (χ1n) is 8.05. The Morgan fingerprint density at radius 1 is 1.41 bits per heavy atom. The van der Waals surface area contributed by atoms with Crippen LogP contribution in [0.15, 0.2) is 4.99 Å². The lowest BCUT2D eigenvalue weighted by Gasteiger charge is -2.13. The highest BCUT2D eigenvalue weighted by atomic mass is 16.5. The topological polar surface area (TPSA) is 75.2 Å². The highest BCUT2D eigenvalue weighted by molar-refractivity contribution is 5.84.